The van der Waals surface area contributed by atoms with Crippen molar-refractivity contribution in [2.24, 2.45) is 0 Å². The molecule has 9 heteroatoms. The predicted molar refractivity (Wildman–Crippen MR) is 137 cm³/mol. The second kappa shape index (κ2) is 10.0. The second-order valence-corrected chi connectivity index (χ2v) is 9.72. The lowest BCUT2D eigenvalue weighted by Crippen LogP contribution is -2.38. The molecule has 0 saturated carbocycles. The van der Waals surface area contributed by atoms with E-state index in [0.29, 0.717) is 53.8 Å². The van der Waals surface area contributed by atoms with Gasteiger partial charge in [0, 0.05) is 37.4 Å². The fourth-order valence-electron chi connectivity index (χ4n) is 5.07. The van der Waals surface area contributed by atoms with Gasteiger partial charge in [0.2, 0.25) is 0 Å². The molecule has 1 aromatic carbocycles. The number of halogens is 1. The summed E-state index contributed by atoms with van der Waals surface area (Å²) in [6, 6.07) is 10.2. The Labute approximate surface area is 214 Å². The highest BCUT2D eigenvalue weighted by molar-refractivity contribution is 6.46. The maximum absolute atomic E-state index is 13.3. The van der Waals surface area contributed by atoms with Gasteiger partial charge in [-0.15, -0.1) is 0 Å². The van der Waals surface area contributed by atoms with Gasteiger partial charge in [-0.05, 0) is 49.6 Å². The number of rotatable bonds is 6. The summed E-state index contributed by atoms with van der Waals surface area (Å²) in [5, 5.41) is 12.0. The summed E-state index contributed by atoms with van der Waals surface area (Å²) in [7, 11) is 0. The molecule has 1 amide bonds. The SMILES string of the molecule is Cc1cccn2c(C)c(/C(O)=C3\C(=O)C(=O)N(CCCN4CCOCC4)C3c3ccc(Cl)cc3)nc12. The lowest BCUT2D eigenvalue weighted by molar-refractivity contribution is -0.140. The van der Waals surface area contributed by atoms with Crippen molar-refractivity contribution < 1.29 is 19.4 Å². The van der Waals surface area contributed by atoms with Gasteiger partial charge in [-0.1, -0.05) is 29.8 Å². The molecule has 0 bridgehead atoms. The molecule has 36 heavy (non-hydrogen) atoms. The van der Waals surface area contributed by atoms with Crippen molar-refractivity contribution in [2.75, 3.05) is 39.4 Å². The Morgan fingerprint density at radius 1 is 1.11 bits per heavy atom. The summed E-state index contributed by atoms with van der Waals surface area (Å²) in [5.74, 6) is -1.58. The number of carbonyl (C=O) groups excluding carboxylic acids is 2. The number of carbonyl (C=O) groups is 2. The molecule has 1 unspecified atom stereocenters. The quantitative estimate of drug-likeness (QED) is 0.310. The third-order valence-corrected chi connectivity index (χ3v) is 7.26. The molecule has 188 valence electrons. The van der Waals surface area contributed by atoms with Gasteiger partial charge in [0.1, 0.15) is 11.3 Å². The van der Waals surface area contributed by atoms with Crippen molar-refractivity contribution in [3.05, 3.63) is 75.7 Å². The number of nitrogens with zero attached hydrogens (tertiary/aromatic N) is 4. The number of fused-ring (bicyclic) bond motifs is 1. The highest BCUT2D eigenvalue weighted by atomic mass is 35.5. The van der Waals surface area contributed by atoms with Crippen molar-refractivity contribution in [1.82, 2.24) is 19.2 Å². The number of aliphatic hydroxyl groups is 1. The number of ketones is 1. The highest BCUT2D eigenvalue weighted by Crippen LogP contribution is 2.40. The van der Waals surface area contributed by atoms with Crippen LogP contribution in [-0.4, -0.2) is 75.4 Å². The summed E-state index contributed by atoms with van der Waals surface area (Å²) < 4.78 is 7.29. The summed E-state index contributed by atoms with van der Waals surface area (Å²) >= 11 is 6.12. The van der Waals surface area contributed by atoms with Crippen LogP contribution < -0.4 is 0 Å². The number of Topliss-reactive ketones (excluding diaryl/α,β-unsaturated/α-hetero) is 1. The molecule has 3 aromatic rings. The Hall–Kier alpha value is -3.20. The van der Waals surface area contributed by atoms with Crippen molar-refractivity contribution in [2.45, 2.75) is 26.3 Å². The normalized spacial score (nSPS) is 20.5. The maximum atomic E-state index is 13.3. The Kier molecular flexibility index (Phi) is 6.83. The third kappa shape index (κ3) is 4.40. The number of hydrogen-bond donors (Lipinski definition) is 1. The van der Waals surface area contributed by atoms with Gasteiger partial charge in [-0.3, -0.25) is 14.5 Å². The first-order valence-electron chi connectivity index (χ1n) is 12.2. The molecule has 2 aromatic heterocycles. The number of benzene rings is 1. The number of likely N-dealkylation sites (tertiary alicyclic amines) is 1. The third-order valence-electron chi connectivity index (χ3n) is 7.01. The van der Waals surface area contributed by atoms with E-state index in [1.807, 2.05) is 36.6 Å². The molecule has 8 nitrogen and oxygen atoms in total. The standard InChI is InChI=1S/C27H29ClN4O4/c1-17-5-3-11-31-18(2)22(29-26(17)31)24(33)21-23(19-6-8-20(28)9-7-19)32(27(35)25(21)34)12-4-10-30-13-15-36-16-14-30/h3,5-9,11,23,33H,4,10,12-16H2,1-2H3/b24-21+. The second-order valence-electron chi connectivity index (χ2n) is 9.28. The van der Waals surface area contributed by atoms with E-state index in [2.05, 4.69) is 9.88 Å². The Balaban J connectivity index is 1.54. The Morgan fingerprint density at radius 2 is 1.83 bits per heavy atom. The number of pyridine rings is 1. The number of hydrogen-bond acceptors (Lipinski definition) is 6. The van der Waals surface area contributed by atoms with Crippen molar-refractivity contribution in [3.8, 4) is 0 Å². The van der Waals surface area contributed by atoms with E-state index in [1.54, 1.807) is 29.2 Å². The molecule has 2 fully saturated rings. The van der Waals surface area contributed by atoms with Crippen molar-refractivity contribution in [3.63, 3.8) is 0 Å². The van der Waals surface area contributed by atoms with Gasteiger partial charge in [0.05, 0.1) is 30.5 Å². The van der Waals surface area contributed by atoms with Gasteiger partial charge in [0.25, 0.3) is 11.7 Å². The Bertz CT molecular complexity index is 1340. The fourth-order valence-corrected chi connectivity index (χ4v) is 5.19. The Morgan fingerprint density at radius 3 is 2.53 bits per heavy atom. The van der Waals surface area contributed by atoms with E-state index >= 15 is 0 Å². The molecule has 2 aliphatic rings. The highest BCUT2D eigenvalue weighted by Gasteiger charge is 2.46. The summed E-state index contributed by atoms with van der Waals surface area (Å²) in [4.78, 5) is 35.1. The van der Waals surface area contributed by atoms with Crippen LogP contribution in [0.2, 0.25) is 5.02 Å². The van der Waals surface area contributed by atoms with Crippen LogP contribution in [0.3, 0.4) is 0 Å². The monoisotopic (exact) mass is 508 g/mol. The number of ether oxygens (including phenoxy) is 1. The van der Waals surface area contributed by atoms with Crippen LogP contribution in [0.25, 0.3) is 11.4 Å². The number of aryl methyl sites for hydroxylation is 2. The van der Waals surface area contributed by atoms with Crippen molar-refractivity contribution in [1.29, 1.82) is 0 Å². The fraction of sp³-hybridized carbons (Fsp3) is 0.370. The van der Waals surface area contributed by atoms with E-state index in [-0.39, 0.29) is 11.3 Å². The van der Waals surface area contributed by atoms with E-state index in [0.717, 1.165) is 25.2 Å². The first-order valence-corrected chi connectivity index (χ1v) is 12.5. The van der Waals surface area contributed by atoms with E-state index in [4.69, 9.17) is 16.3 Å². The molecule has 0 spiro atoms. The van der Waals surface area contributed by atoms with Gasteiger partial charge >= 0.3 is 0 Å². The minimum atomic E-state index is -0.725. The smallest absolute Gasteiger partial charge is 0.295 e. The van der Waals surface area contributed by atoms with Crippen LogP contribution in [0.5, 0.6) is 0 Å². The molecule has 1 atom stereocenters. The van der Waals surface area contributed by atoms with Gasteiger partial charge < -0.3 is 19.1 Å². The summed E-state index contributed by atoms with van der Waals surface area (Å²) in [6.07, 6.45) is 2.56. The van der Waals surface area contributed by atoms with Crippen LogP contribution in [0.4, 0.5) is 0 Å². The maximum Gasteiger partial charge on any atom is 0.295 e. The average molecular weight is 509 g/mol. The molecule has 2 saturated heterocycles. The van der Waals surface area contributed by atoms with Crippen LogP contribution >= 0.6 is 11.6 Å². The van der Waals surface area contributed by atoms with Crippen LogP contribution in [-0.2, 0) is 14.3 Å². The lowest BCUT2D eigenvalue weighted by atomic mass is 9.96. The molecular weight excluding hydrogens is 480 g/mol. The molecule has 2 aliphatic heterocycles. The van der Waals surface area contributed by atoms with Gasteiger partial charge in [0.15, 0.2) is 5.76 Å². The van der Waals surface area contributed by atoms with E-state index in [9.17, 15) is 14.7 Å². The largest absolute Gasteiger partial charge is 0.505 e. The topological polar surface area (TPSA) is 87.4 Å². The first kappa shape index (κ1) is 24.5. The van der Waals surface area contributed by atoms with Gasteiger partial charge in [-0.25, -0.2) is 4.98 Å². The number of amides is 1. The van der Waals surface area contributed by atoms with Crippen LogP contribution in [0.15, 0.2) is 48.2 Å². The zero-order valence-electron chi connectivity index (χ0n) is 20.4. The number of morpholine rings is 1. The molecular formula is C27H29ClN4O4. The number of aliphatic hydroxyl groups excluding tert-OH is 1. The first-order chi connectivity index (χ1) is 17.4. The minimum absolute atomic E-state index is 0.0536. The molecule has 5 rings (SSSR count). The zero-order chi connectivity index (χ0) is 25.4. The molecule has 0 radical (unpaired) electrons. The predicted octanol–water partition coefficient (Wildman–Crippen LogP) is 3.75. The van der Waals surface area contributed by atoms with Crippen molar-refractivity contribution >= 4 is 34.7 Å². The summed E-state index contributed by atoms with van der Waals surface area (Å²) in [6.45, 7) is 8.06. The molecule has 1 N–H and O–H groups in total. The average Bonchev–Trinajstić information content (AvgIpc) is 3.35. The molecule has 0 aliphatic carbocycles. The van der Waals surface area contributed by atoms with E-state index in [1.165, 1.54) is 0 Å². The molecule has 4 heterocycles. The van der Waals surface area contributed by atoms with Gasteiger partial charge in [-0.2, -0.15) is 0 Å². The summed E-state index contributed by atoms with van der Waals surface area (Å²) in [5.41, 5.74) is 3.40. The van der Waals surface area contributed by atoms with E-state index < -0.39 is 17.7 Å². The van der Waals surface area contributed by atoms with Crippen LogP contribution in [0, 0.1) is 13.8 Å². The minimum Gasteiger partial charge on any atom is -0.505 e. The van der Waals surface area contributed by atoms with Crippen LogP contribution in [0.1, 0.15) is 35.0 Å². The number of aromatic nitrogens is 2. The lowest BCUT2D eigenvalue weighted by Gasteiger charge is -2.29. The number of imidazole rings is 1. The zero-order valence-corrected chi connectivity index (χ0v) is 21.2.